The molecule has 13 heavy (non-hydrogen) atoms. The Morgan fingerprint density at radius 3 is 2.15 bits per heavy atom. The molecule has 0 aromatic heterocycles. The maximum atomic E-state index is 10.3. The summed E-state index contributed by atoms with van der Waals surface area (Å²) < 4.78 is 0. The van der Waals surface area contributed by atoms with Crippen molar-refractivity contribution >= 4 is 0 Å². The van der Waals surface area contributed by atoms with Gasteiger partial charge in [-0.1, -0.05) is 42.7 Å². The van der Waals surface area contributed by atoms with Crippen LogP contribution >= 0.6 is 0 Å². The van der Waals surface area contributed by atoms with Crippen LogP contribution in [0, 0.1) is 6.92 Å². The van der Waals surface area contributed by atoms with E-state index < -0.39 is 5.60 Å². The van der Waals surface area contributed by atoms with Crippen LogP contribution < -0.4 is 0 Å². The normalized spacial score (nSPS) is 20.5. The predicted molar refractivity (Wildman–Crippen MR) is 53.5 cm³/mol. The molecule has 0 heterocycles. The third-order valence-electron chi connectivity index (χ3n) is 3.02. The lowest BCUT2D eigenvalue weighted by atomic mass is 9.92. The minimum absolute atomic E-state index is 0.520. The zero-order valence-electron chi connectivity index (χ0n) is 8.09. The minimum Gasteiger partial charge on any atom is -0.385 e. The fourth-order valence-corrected chi connectivity index (χ4v) is 2.11. The van der Waals surface area contributed by atoms with Crippen LogP contribution in [0.4, 0.5) is 0 Å². The highest BCUT2D eigenvalue weighted by Crippen LogP contribution is 2.38. The van der Waals surface area contributed by atoms with E-state index >= 15 is 0 Å². The van der Waals surface area contributed by atoms with Gasteiger partial charge in [-0.25, -0.2) is 0 Å². The Morgan fingerprint density at radius 2 is 1.62 bits per heavy atom. The third kappa shape index (κ3) is 1.61. The van der Waals surface area contributed by atoms with Gasteiger partial charge in [0.05, 0.1) is 5.60 Å². The van der Waals surface area contributed by atoms with E-state index in [1.54, 1.807) is 0 Å². The number of aliphatic hydroxyl groups is 1. The molecule has 0 atom stereocenters. The first-order valence-corrected chi connectivity index (χ1v) is 5.00. The zero-order valence-corrected chi connectivity index (χ0v) is 8.09. The van der Waals surface area contributed by atoms with Gasteiger partial charge in [-0.15, -0.1) is 0 Å². The standard InChI is InChI=1S/C12H16O/c1-10-4-6-11(7-5-10)12(13)8-2-3-9-12/h4-7,13H,2-3,8-9H2,1H3. The Balaban J connectivity index is 2.29. The van der Waals surface area contributed by atoms with E-state index in [0.29, 0.717) is 0 Å². The first-order valence-electron chi connectivity index (χ1n) is 5.00. The fourth-order valence-electron chi connectivity index (χ4n) is 2.11. The summed E-state index contributed by atoms with van der Waals surface area (Å²) in [5.41, 5.74) is 1.83. The maximum absolute atomic E-state index is 10.3. The predicted octanol–water partition coefficient (Wildman–Crippen LogP) is 2.76. The molecule has 0 amide bonds. The molecule has 0 spiro atoms. The van der Waals surface area contributed by atoms with Gasteiger partial charge in [0, 0.05) is 0 Å². The van der Waals surface area contributed by atoms with Crippen molar-refractivity contribution in [3.8, 4) is 0 Å². The van der Waals surface area contributed by atoms with E-state index in [1.165, 1.54) is 5.56 Å². The Labute approximate surface area is 79.4 Å². The molecular weight excluding hydrogens is 160 g/mol. The lowest BCUT2D eigenvalue weighted by Gasteiger charge is -2.22. The van der Waals surface area contributed by atoms with Gasteiger partial charge < -0.3 is 5.11 Å². The number of benzene rings is 1. The van der Waals surface area contributed by atoms with E-state index in [9.17, 15) is 5.11 Å². The molecule has 1 aliphatic carbocycles. The van der Waals surface area contributed by atoms with Crippen molar-refractivity contribution in [1.29, 1.82) is 0 Å². The maximum Gasteiger partial charge on any atom is 0.0896 e. The first kappa shape index (κ1) is 8.76. The highest BCUT2D eigenvalue weighted by atomic mass is 16.3. The fraction of sp³-hybridized carbons (Fsp3) is 0.500. The van der Waals surface area contributed by atoms with Crippen LogP contribution in [-0.4, -0.2) is 5.11 Å². The molecule has 1 N–H and O–H groups in total. The van der Waals surface area contributed by atoms with Crippen molar-refractivity contribution in [2.75, 3.05) is 0 Å². The van der Waals surface area contributed by atoms with Crippen molar-refractivity contribution in [2.45, 2.75) is 38.2 Å². The summed E-state index contributed by atoms with van der Waals surface area (Å²) in [6.45, 7) is 2.07. The summed E-state index contributed by atoms with van der Waals surface area (Å²) in [5, 5.41) is 10.3. The molecule has 1 aliphatic rings. The number of hydrogen-bond acceptors (Lipinski definition) is 1. The van der Waals surface area contributed by atoms with Crippen molar-refractivity contribution in [3.05, 3.63) is 35.4 Å². The van der Waals surface area contributed by atoms with E-state index in [-0.39, 0.29) is 0 Å². The topological polar surface area (TPSA) is 20.2 Å². The van der Waals surface area contributed by atoms with E-state index in [2.05, 4.69) is 31.2 Å². The highest BCUT2D eigenvalue weighted by molar-refractivity contribution is 5.27. The molecule has 0 aliphatic heterocycles. The number of rotatable bonds is 1. The van der Waals surface area contributed by atoms with Gasteiger partial charge in [0.2, 0.25) is 0 Å². The van der Waals surface area contributed by atoms with Gasteiger partial charge in [-0.2, -0.15) is 0 Å². The van der Waals surface area contributed by atoms with Crippen molar-refractivity contribution in [2.24, 2.45) is 0 Å². The molecule has 1 heteroatoms. The van der Waals surface area contributed by atoms with Gasteiger partial charge in [0.25, 0.3) is 0 Å². The Bertz CT molecular complexity index is 280. The second-order valence-electron chi connectivity index (χ2n) is 4.10. The van der Waals surface area contributed by atoms with Crippen LogP contribution in [0.2, 0.25) is 0 Å². The Kier molecular flexibility index (Phi) is 2.12. The molecule has 1 aromatic carbocycles. The van der Waals surface area contributed by atoms with E-state index in [0.717, 1.165) is 31.2 Å². The average molecular weight is 176 g/mol. The molecule has 1 aromatic rings. The van der Waals surface area contributed by atoms with Crippen LogP contribution in [-0.2, 0) is 5.60 Å². The van der Waals surface area contributed by atoms with Crippen molar-refractivity contribution in [1.82, 2.24) is 0 Å². The summed E-state index contributed by atoms with van der Waals surface area (Å²) in [6.07, 6.45) is 4.17. The van der Waals surface area contributed by atoms with Gasteiger partial charge in [0.15, 0.2) is 0 Å². The van der Waals surface area contributed by atoms with E-state index in [4.69, 9.17) is 0 Å². The summed E-state index contributed by atoms with van der Waals surface area (Å²) in [6, 6.07) is 8.26. The van der Waals surface area contributed by atoms with Crippen molar-refractivity contribution < 1.29 is 5.11 Å². The highest BCUT2D eigenvalue weighted by Gasteiger charge is 2.32. The number of aryl methyl sites for hydroxylation is 1. The van der Waals surface area contributed by atoms with Crippen LogP contribution in [0.3, 0.4) is 0 Å². The SMILES string of the molecule is Cc1ccc(C2(O)CCCC2)cc1. The lowest BCUT2D eigenvalue weighted by molar-refractivity contribution is 0.0445. The van der Waals surface area contributed by atoms with Crippen LogP contribution in [0.5, 0.6) is 0 Å². The molecule has 70 valence electrons. The molecule has 1 nitrogen and oxygen atoms in total. The van der Waals surface area contributed by atoms with Gasteiger partial charge in [-0.05, 0) is 25.3 Å². The summed E-state index contributed by atoms with van der Waals surface area (Å²) in [5.74, 6) is 0. The van der Waals surface area contributed by atoms with E-state index in [1.807, 2.05) is 0 Å². The number of hydrogen-bond donors (Lipinski definition) is 1. The molecule has 1 fully saturated rings. The van der Waals surface area contributed by atoms with Gasteiger partial charge in [0.1, 0.15) is 0 Å². The van der Waals surface area contributed by atoms with Crippen LogP contribution in [0.1, 0.15) is 36.8 Å². The van der Waals surface area contributed by atoms with Gasteiger partial charge >= 0.3 is 0 Å². The lowest BCUT2D eigenvalue weighted by Crippen LogP contribution is -2.20. The molecular formula is C12H16O. The summed E-state index contributed by atoms with van der Waals surface area (Å²) >= 11 is 0. The molecule has 1 saturated carbocycles. The van der Waals surface area contributed by atoms with Crippen LogP contribution in [0.25, 0.3) is 0 Å². The molecule has 0 radical (unpaired) electrons. The second-order valence-corrected chi connectivity index (χ2v) is 4.10. The quantitative estimate of drug-likeness (QED) is 0.697. The third-order valence-corrected chi connectivity index (χ3v) is 3.02. The zero-order chi connectivity index (χ0) is 9.31. The Morgan fingerprint density at radius 1 is 1.08 bits per heavy atom. The van der Waals surface area contributed by atoms with Crippen molar-refractivity contribution in [3.63, 3.8) is 0 Å². The Hall–Kier alpha value is -0.820. The first-order chi connectivity index (χ1) is 6.21. The minimum atomic E-state index is -0.520. The molecule has 0 saturated heterocycles. The van der Waals surface area contributed by atoms with Crippen LogP contribution in [0.15, 0.2) is 24.3 Å². The van der Waals surface area contributed by atoms with Gasteiger partial charge in [-0.3, -0.25) is 0 Å². The molecule has 2 rings (SSSR count). The average Bonchev–Trinajstić information content (AvgIpc) is 2.54. The summed E-state index contributed by atoms with van der Waals surface area (Å²) in [4.78, 5) is 0. The summed E-state index contributed by atoms with van der Waals surface area (Å²) in [7, 11) is 0. The smallest absolute Gasteiger partial charge is 0.0896 e. The molecule has 0 unspecified atom stereocenters. The largest absolute Gasteiger partial charge is 0.385 e. The monoisotopic (exact) mass is 176 g/mol. The molecule has 0 bridgehead atoms. The second kappa shape index (κ2) is 3.15.